The van der Waals surface area contributed by atoms with Gasteiger partial charge in [-0.05, 0) is 29.8 Å². The standard InChI is InChI=1S/C17H16ClN3O/c1-22-13-8-6-12(7-9-13)11-19-17-14-4-2-3-5-15(14)20-16(10-18)21-17/h2-9H,10-11H2,1H3,(H,19,20,21). The highest BCUT2D eigenvalue weighted by molar-refractivity contribution is 6.16. The lowest BCUT2D eigenvalue weighted by atomic mass is 10.2. The van der Waals surface area contributed by atoms with Crippen LogP contribution in [0.2, 0.25) is 0 Å². The maximum absolute atomic E-state index is 5.88. The average Bonchev–Trinajstić information content (AvgIpc) is 2.59. The minimum absolute atomic E-state index is 0.294. The van der Waals surface area contributed by atoms with Crippen LogP contribution in [-0.2, 0) is 12.4 Å². The van der Waals surface area contributed by atoms with Crippen molar-refractivity contribution >= 4 is 28.3 Å². The lowest BCUT2D eigenvalue weighted by molar-refractivity contribution is 0.414. The number of halogens is 1. The summed E-state index contributed by atoms with van der Waals surface area (Å²) in [6.07, 6.45) is 0. The molecule has 5 heteroatoms. The second kappa shape index (κ2) is 6.62. The van der Waals surface area contributed by atoms with Crippen LogP contribution in [-0.4, -0.2) is 17.1 Å². The Kier molecular flexibility index (Phi) is 4.39. The smallest absolute Gasteiger partial charge is 0.146 e. The van der Waals surface area contributed by atoms with E-state index in [-0.39, 0.29) is 0 Å². The fourth-order valence-electron chi connectivity index (χ4n) is 2.25. The first-order valence-electron chi connectivity index (χ1n) is 6.98. The minimum Gasteiger partial charge on any atom is -0.497 e. The van der Waals surface area contributed by atoms with Gasteiger partial charge in [-0.25, -0.2) is 9.97 Å². The third-order valence-corrected chi connectivity index (χ3v) is 3.63. The van der Waals surface area contributed by atoms with E-state index in [1.54, 1.807) is 7.11 Å². The summed E-state index contributed by atoms with van der Waals surface area (Å²) in [5.74, 6) is 2.57. The third kappa shape index (κ3) is 3.12. The van der Waals surface area contributed by atoms with Gasteiger partial charge in [0.15, 0.2) is 0 Å². The van der Waals surface area contributed by atoms with Crippen molar-refractivity contribution in [3.8, 4) is 5.75 Å². The highest BCUT2D eigenvalue weighted by Gasteiger charge is 2.06. The Hall–Kier alpha value is -2.33. The summed E-state index contributed by atoms with van der Waals surface area (Å²) in [7, 11) is 1.66. The lowest BCUT2D eigenvalue weighted by Gasteiger charge is -2.10. The number of methoxy groups -OCH3 is 1. The number of nitrogens with one attached hydrogen (secondary N) is 1. The molecular formula is C17H16ClN3O. The van der Waals surface area contributed by atoms with Crippen molar-refractivity contribution in [2.45, 2.75) is 12.4 Å². The molecule has 0 aliphatic carbocycles. The number of anilines is 1. The molecule has 1 N–H and O–H groups in total. The zero-order valence-corrected chi connectivity index (χ0v) is 13.0. The molecule has 0 fully saturated rings. The van der Waals surface area contributed by atoms with Crippen molar-refractivity contribution < 1.29 is 4.74 Å². The minimum atomic E-state index is 0.294. The molecule has 0 atom stereocenters. The van der Waals surface area contributed by atoms with E-state index < -0.39 is 0 Å². The van der Waals surface area contributed by atoms with Gasteiger partial charge in [-0.15, -0.1) is 11.6 Å². The monoisotopic (exact) mass is 313 g/mol. The molecule has 22 heavy (non-hydrogen) atoms. The van der Waals surface area contributed by atoms with Gasteiger partial charge in [-0.2, -0.15) is 0 Å². The third-order valence-electron chi connectivity index (χ3n) is 3.39. The molecule has 3 aromatic rings. The molecule has 3 rings (SSSR count). The molecule has 0 radical (unpaired) electrons. The number of hydrogen-bond donors (Lipinski definition) is 1. The molecule has 1 aromatic heterocycles. The topological polar surface area (TPSA) is 47.0 Å². The predicted octanol–water partition coefficient (Wildman–Crippen LogP) is 3.99. The number of ether oxygens (including phenoxy) is 1. The number of hydrogen-bond acceptors (Lipinski definition) is 4. The van der Waals surface area contributed by atoms with Crippen LogP contribution in [0.5, 0.6) is 5.75 Å². The van der Waals surface area contributed by atoms with Gasteiger partial charge in [-0.3, -0.25) is 0 Å². The van der Waals surface area contributed by atoms with Crippen LogP contribution in [0.4, 0.5) is 5.82 Å². The van der Waals surface area contributed by atoms with E-state index in [0.717, 1.165) is 28.0 Å². The van der Waals surface area contributed by atoms with Gasteiger partial charge >= 0.3 is 0 Å². The van der Waals surface area contributed by atoms with Crippen LogP contribution in [0.15, 0.2) is 48.5 Å². The summed E-state index contributed by atoms with van der Waals surface area (Å²) >= 11 is 5.88. The molecule has 4 nitrogen and oxygen atoms in total. The van der Waals surface area contributed by atoms with E-state index in [2.05, 4.69) is 15.3 Å². The lowest BCUT2D eigenvalue weighted by Crippen LogP contribution is -2.05. The summed E-state index contributed by atoms with van der Waals surface area (Å²) in [5, 5.41) is 4.36. The zero-order valence-electron chi connectivity index (χ0n) is 12.2. The van der Waals surface area contributed by atoms with Gasteiger partial charge in [0.25, 0.3) is 0 Å². The van der Waals surface area contributed by atoms with E-state index >= 15 is 0 Å². The number of rotatable bonds is 5. The van der Waals surface area contributed by atoms with E-state index in [1.165, 1.54) is 0 Å². The molecule has 2 aromatic carbocycles. The fourth-order valence-corrected chi connectivity index (χ4v) is 2.37. The molecule has 0 aliphatic heterocycles. The highest BCUT2D eigenvalue weighted by Crippen LogP contribution is 2.21. The Labute approximate surface area is 134 Å². The van der Waals surface area contributed by atoms with Gasteiger partial charge in [0.05, 0.1) is 18.5 Å². The van der Waals surface area contributed by atoms with E-state index in [4.69, 9.17) is 16.3 Å². The normalized spacial score (nSPS) is 10.6. The summed E-state index contributed by atoms with van der Waals surface area (Å²) in [6.45, 7) is 0.673. The predicted molar refractivity (Wildman–Crippen MR) is 89.4 cm³/mol. The Morgan fingerprint density at radius 2 is 1.82 bits per heavy atom. The fraction of sp³-hybridized carbons (Fsp3) is 0.176. The second-order valence-corrected chi connectivity index (χ2v) is 5.11. The first-order valence-corrected chi connectivity index (χ1v) is 7.52. The van der Waals surface area contributed by atoms with Gasteiger partial charge in [0.2, 0.25) is 0 Å². The van der Waals surface area contributed by atoms with Gasteiger partial charge in [-0.1, -0.05) is 24.3 Å². The van der Waals surface area contributed by atoms with Crippen LogP contribution in [0.1, 0.15) is 11.4 Å². The molecule has 0 spiro atoms. The highest BCUT2D eigenvalue weighted by atomic mass is 35.5. The molecule has 0 aliphatic rings. The molecule has 0 saturated heterocycles. The Morgan fingerprint density at radius 3 is 2.55 bits per heavy atom. The zero-order chi connectivity index (χ0) is 15.4. The van der Waals surface area contributed by atoms with Gasteiger partial charge in [0.1, 0.15) is 17.4 Å². The molecule has 0 bridgehead atoms. The first-order chi connectivity index (χ1) is 10.8. The van der Waals surface area contributed by atoms with E-state index in [0.29, 0.717) is 18.2 Å². The van der Waals surface area contributed by atoms with Crippen LogP contribution in [0.3, 0.4) is 0 Å². The average molecular weight is 314 g/mol. The van der Waals surface area contributed by atoms with Crippen molar-refractivity contribution in [1.29, 1.82) is 0 Å². The maximum Gasteiger partial charge on any atom is 0.146 e. The van der Waals surface area contributed by atoms with Gasteiger partial charge < -0.3 is 10.1 Å². The van der Waals surface area contributed by atoms with E-state index in [1.807, 2.05) is 48.5 Å². The number of para-hydroxylation sites is 1. The number of fused-ring (bicyclic) bond motifs is 1. The summed E-state index contributed by atoms with van der Waals surface area (Å²) < 4.78 is 5.16. The summed E-state index contributed by atoms with van der Waals surface area (Å²) in [6, 6.07) is 15.8. The van der Waals surface area contributed by atoms with Crippen molar-refractivity contribution in [3.05, 3.63) is 59.9 Å². The van der Waals surface area contributed by atoms with Crippen LogP contribution < -0.4 is 10.1 Å². The number of alkyl halides is 1. The van der Waals surface area contributed by atoms with Crippen LogP contribution in [0.25, 0.3) is 10.9 Å². The Balaban J connectivity index is 1.86. The maximum atomic E-state index is 5.88. The molecule has 112 valence electrons. The second-order valence-electron chi connectivity index (χ2n) is 4.84. The summed E-state index contributed by atoms with van der Waals surface area (Å²) in [5.41, 5.74) is 2.04. The molecule has 0 unspecified atom stereocenters. The number of aromatic nitrogens is 2. The number of benzene rings is 2. The van der Waals surface area contributed by atoms with Crippen molar-refractivity contribution in [2.75, 3.05) is 12.4 Å². The Bertz CT molecular complexity index is 774. The van der Waals surface area contributed by atoms with Crippen molar-refractivity contribution in [2.24, 2.45) is 0 Å². The largest absolute Gasteiger partial charge is 0.497 e. The first kappa shape index (κ1) is 14.6. The molecule has 0 amide bonds. The van der Waals surface area contributed by atoms with Crippen LogP contribution in [0, 0.1) is 0 Å². The molecule has 1 heterocycles. The van der Waals surface area contributed by atoms with E-state index in [9.17, 15) is 0 Å². The van der Waals surface area contributed by atoms with Crippen molar-refractivity contribution in [1.82, 2.24) is 9.97 Å². The molecular weight excluding hydrogens is 298 g/mol. The summed E-state index contributed by atoms with van der Waals surface area (Å²) in [4.78, 5) is 8.92. The van der Waals surface area contributed by atoms with Gasteiger partial charge in [0, 0.05) is 11.9 Å². The molecule has 0 saturated carbocycles. The SMILES string of the molecule is COc1ccc(CNc2nc(CCl)nc3ccccc23)cc1. The quantitative estimate of drug-likeness (QED) is 0.724. The van der Waals surface area contributed by atoms with Crippen molar-refractivity contribution in [3.63, 3.8) is 0 Å². The number of nitrogens with zero attached hydrogens (tertiary/aromatic N) is 2. The Morgan fingerprint density at radius 1 is 1.05 bits per heavy atom. The van der Waals surface area contributed by atoms with Crippen LogP contribution >= 0.6 is 11.6 Å².